The maximum Gasteiger partial charge on any atom is 0.238 e. The van der Waals surface area contributed by atoms with Gasteiger partial charge in [0.15, 0.2) is 0 Å². The predicted molar refractivity (Wildman–Crippen MR) is 91.1 cm³/mol. The number of rotatable bonds is 7. The quantitative estimate of drug-likeness (QED) is 0.725. The van der Waals surface area contributed by atoms with Crippen molar-refractivity contribution in [1.82, 2.24) is 5.32 Å². The molecule has 2 rings (SSSR count). The molecular weight excluding hydrogens is 310 g/mol. The van der Waals surface area contributed by atoms with E-state index in [1.165, 1.54) is 14.0 Å². The maximum absolute atomic E-state index is 12.1. The summed E-state index contributed by atoms with van der Waals surface area (Å²) >= 11 is 0. The van der Waals surface area contributed by atoms with Crippen molar-refractivity contribution in [3.63, 3.8) is 0 Å². The molecule has 0 fully saturated rings. The number of carbonyl (C=O) groups excluding carboxylic acids is 2. The molecule has 0 unspecified atom stereocenters. The van der Waals surface area contributed by atoms with Crippen molar-refractivity contribution in [1.29, 1.82) is 0 Å². The summed E-state index contributed by atoms with van der Waals surface area (Å²) in [7, 11) is 1.51. The highest BCUT2D eigenvalue weighted by Gasteiger charge is 2.12. The first-order valence-corrected chi connectivity index (χ1v) is 7.52. The lowest BCUT2D eigenvalue weighted by atomic mass is 10.2. The van der Waals surface area contributed by atoms with E-state index < -0.39 is 0 Å². The predicted octanol–water partition coefficient (Wildman–Crippen LogP) is 2.54. The molecule has 2 amide bonds. The molecule has 1 aromatic carbocycles. The monoisotopic (exact) mass is 331 g/mol. The summed E-state index contributed by atoms with van der Waals surface area (Å²) in [5.41, 5.74) is 1.07. The SMILES string of the molecule is COc1ccc(NC(C)=O)cc1NC(=O)CN[C@@H](C)c1ccco1. The van der Waals surface area contributed by atoms with Gasteiger partial charge < -0.3 is 19.8 Å². The average Bonchev–Trinajstić information content (AvgIpc) is 3.07. The summed E-state index contributed by atoms with van der Waals surface area (Å²) in [6.07, 6.45) is 1.59. The summed E-state index contributed by atoms with van der Waals surface area (Å²) in [5, 5.41) is 8.51. The second-order valence-electron chi connectivity index (χ2n) is 5.26. The Morgan fingerprint density at radius 3 is 2.67 bits per heavy atom. The molecule has 1 heterocycles. The molecule has 128 valence electrons. The number of ether oxygens (including phenoxy) is 1. The number of hydrogen-bond acceptors (Lipinski definition) is 5. The number of methoxy groups -OCH3 is 1. The molecule has 0 aliphatic heterocycles. The Kier molecular flexibility index (Phi) is 5.97. The summed E-state index contributed by atoms with van der Waals surface area (Å²) < 4.78 is 10.5. The van der Waals surface area contributed by atoms with E-state index in [-0.39, 0.29) is 24.4 Å². The normalized spacial score (nSPS) is 11.6. The van der Waals surface area contributed by atoms with Gasteiger partial charge >= 0.3 is 0 Å². The fourth-order valence-corrected chi connectivity index (χ4v) is 2.17. The summed E-state index contributed by atoms with van der Waals surface area (Å²) in [4.78, 5) is 23.3. The van der Waals surface area contributed by atoms with Gasteiger partial charge in [-0.2, -0.15) is 0 Å². The highest BCUT2D eigenvalue weighted by atomic mass is 16.5. The minimum Gasteiger partial charge on any atom is -0.495 e. The van der Waals surface area contributed by atoms with Gasteiger partial charge in [0.25, 0.3) is 0 Å². The fraction of sp³-hybridized carbons (Fsp3) is 0.294. The fourth-order valence-electron chi connectivity index (χ4n) is 2.17. The number of carbonyl (C=O) groups is 2. The van der Waals surface area contributed by atoms with Gasteiger partial charge in [-0.1, -0.05) is 0 Å². The first kappa shape index (κ1) is 17.6. The minimum absolute atomic E-state index is 0.0849. The second kappa shape index (κ2) is 8.16. The van der Waals surface area contributed by atoms with E-state index >= 15 is 0 Å². The zero-order valence-electron chi connectivity index (χ0n) is 13.9. The van der Waals surface area contributed by atoms with E-state index in [1.54, 1.807) is 30.5 Å². The molecule has 0 bridgehead atoms. The van der Waals surface area contributed by atoms with Gasteiger partial charge in [-0.25, -0.2) is 0 Å². The van der Waals surface area contributed by atoms with Crippen LogP contribution < -0.4 is 20.7 Å². The van der Waals surface area contributed by atoms with E-state index in [0.717, 1.165) is 5.76 Å². The van der Waals surface area contributed by atoms with Gasteiger partial charge in [-0.05, 0) is 37.3 Å². The molecule has 0 aliphatic carbocycles. The van der Waals surface area contributed by atoms with Crippen molar-refractivity contribution in [2.45, 2.75) is 19.9 Å². The van der Waals surface area contributed by atoms with E-state index in [2.05, 4.69) is 16.0 Å². The third-order valence-electron chi connectivity index (χ3n) is 3.33. The van der Waals surface area contributed by atoms with Crippen LogP contribution in [0.5, 0.6) is 5.75 Å². The minimum atomic E-state index is -0.230. The van der Waals surface area contributed by atoms with Crippen LogP contribution in [-0.4, -0.2) is 25.5 Å². The lowest BCUT2D eigenvalue weighted by Crippen LogP contribution is -2.30. The molecule has 0 saturated heterocycles. The molecule has 1 atom stereocenters. The number of furan rings is 1. The van der Waals surface area contributed by atoms with Crippen LogP contribution in [0.25, 0.3) is 0 Å². The van der Waals surface area contributed by atoms with Crippen LogP contribution in [0.3, 0.4) is 0 Å². The molecular formula is C17H21N3O4. The van der Waals surface area contributed by atoms with Gasteiger partial charge in [-0.3, -0.25) is 14.9 Å². The maximum atomic E-state index is 12.1. The molecule has 7 heteroatoms. The highest BCUT2D eigenvalue weighted by Crippen LogP contribution is 2.27. The number of hydrogen-bond donors (Lipinski definition) is 3. The average molecular weight is 331 g/mol. The van der Waals surface area contributed by atoms with E-state index in [9.17, 15) is 9.59 Å². The zero-order valence-corrected chi connectivity index (χ0v) is 13.9. The Morgan fingerprint density at radius 1 is 1.25 bits per heavy atom. The summed E-state index contributed by atoms with van der Waals surface area (Å²) in [5.74, 6) is 0.850. The lowest BCUT2D eigenvalue weighted by molar-refractivity contribution is -0.115. The van der Waals surface area contributed by atoms with E-state index in [4.69, 9.17) is 9.15 Å². The van der Waals surface area contributed by atoms with E-state index in [1.807, 2.05) is 13.0 Å². The Morgan fingerprint density at radius 2 is 2.04 bits per heavy atom. The second-order valence-corrected chi connectivity index (χ2v) is 5.26. The van der Waals surface area contributed by atoms with Crippen molar-refractivity contribution in [2.75, 3.05) is 24.3 Å². The third kappa shape index (κ3) is 4.85. The number of anilines is 2. The van der Waals surface area contributed by atoms with Crippen LogP contribution >= 0.6 is 0 Å². The molecule has 0 saturated carbocycles. The van der Waals surface area contributed by atoms with E-state index in [0.29, 0.717) is 17.1 Å². The Hall–Kier alpha value is -2.80. The largest absolute Gasteiger partial charge is 0.495 e. The first-order chi connectivity index (χ1) is 11.5. The molecule has 7 nitrogen and oxygen atoms in total. The van der Waals surface area contributed by atoms with Crippen molar-refractivity contribution in [3.8, 4) is 5.75 Å². The van der Waals surface area contributed by atoms with Crippen LogP contribution in [-0.2, 0) is 9.59 Å². The molecule has 0 aliphatic rings. The molecule has 3 N–H and O–H groups in total. The Labute approximate surface area is 140 Å². The van der Waals surface area contributed by atoms with Crippen molar-refractivity contribution >= 4 is 23.2 Å². The Bertz CT molecular complexity index is 698. The standard InChI is InChI=1S/C17H21N3O4/c1-11(15-5-4-8-24-15)18-10-17(22)20-14-9-13(19-12(2)21)6-7-16(14)23-3/h4-9,11,18H,10H2,1-3H3,(H,19,21)(H,20,22)/t11-/m0/s1. The van der Waals surface area contributed by atoms with Gasteiger partial charge in [-0.15, -0.1) is 0 Å². The van der Waals surface area contributed by atoms with Crippen molar-refractivity contribution < 1.29 is 18.7 Å². The summed E-state index contributed by atoms with van der Waals surface area (Å²) in [6, 6.07) is 8.58. The smallest absolute Gasteiger partial charge is 0.238 e. The lowest BCUT2D eigenvalue weighted by Gasteiger charge is -2.14. The van der Waals surface area contributed by atoms with Crippen LogP contribution in [0.15, 0.2) is 41.0 Å². The molecule has 2 aromatic rings. The Balaban J connectivity index is 1.98. The van der Waals surface area contributed by atoms with Crippen molar-refractivity contribution in [3.05, 3.63) is 42.4 Å². The molecule has 24 heavy (non-hydrogen) atoms. The first-order valence-electron chi connectivity index (χ1n) is 7.52. The third-order valence-corrected chi connectivity index (χ3v) is 3.33. The topological polar surface area (TPSA) is 92.6 Å². The number of benzene rings is 1. The number of amides is 2. The summed E-state index contributed by atoms with van der Waals surface area (Å²) in [6.45, 7) is 3.43. The van der Waals surface area contributed by atoms with Gasteiger partial charge in [0, 0.05) is 12.6 Å². The van der Waals surface area contributed by atoms with Crippen LogP contribution in [0, 0.1) is 0 Å². The van der Waals surface area contributed by atoms with Gasteiger partial charge in [0.1, 0.15) is 11.5 Å². The number of nitrogens with one attached hydrogen (secondary N) is 3. The highest BCUT2D eigenvalue weighted by molar-refractivity contribution is 5.95. The van der Waals surface area contributed by atoms with Crippen LogP contribution in [0.2, 0.25) is 0 Å². The molecule has 0 radical (unpaired) electrons. The van der Waals surface area contributed by atoms with Gasteiger partial charge in [0.2, 0.25) is 11.8 Å². The molecule has 1 aromatic heterocycles. The zero-order chi connectivity index (χ0) is 17.5. The van der Waals surface area contributed by atoms with Crippen molar-refractivity contribution in [2.24, 2.45) is 0 Å². The van der Waals surface area contributed by atoms with Gasteiger partial charge in [0.05, 0.1) is 31.6 Å². The van der Waals surface area contributed by atoms with Crippen LogP contribution in [0.1, 0.15) is 25.6 Å². The molecule has 0 spiro atoms. The van der Waals surface area contributed by atoms with Crippen LogP contribution in [0.4, 0.5) is 11.4 Å².